The van der Waals surface area contributed by atoms with Crippen molar-refractivity contribution in [1.29, 1.82) is 0 Å². The van der Waals surface area contributed by atoms with Gasteiger partial charge in [0.15, 0.2) is 0 Å². The summed E-state index contributed by atoms with van der Waals surface area (Å²) in [7, 11) is 0. The van der Waals surface area contributed by atoms with E-state index in [1.807, 2.05) is 20.8 Å². The van der Waals surface area contributed by atoms with Crippen LogP contribution in [0.2, 0.25) is 0 Å². The lowest BCUT2D eigenvalue weighted by molar-refractivity contribution is -0.145. The number of carbonyl (C=O) groups is 1. The lowest BCUT2D eigenvalue weighted by Crippen LogP contribution is -2.11. The highest BCUT2D eigenvalue weighted by molar-refractivity contribution is 5.69. The van der Waals surface area contributed by atoms with Gasteiger partial charge in [-0.25, -0.2) is 0 Å². The molecular weight excluding hydrogens is 140 g/mol. The summed E-state index contributed by atoms with van der Waals surface area (Å²) < 4.78 is 4.94. The molecule has 0 aromatic carbocycles. The van der Waals surface area contributed by atoms with Crippen LogP contribution in [-0.4, -0.2) is 12.6 Å². The molecule has 0 spiro atoms. The molecule has 0 aliphatic rings. The molecule has 0 aliphatic heterocycles. The van der Waals surface area contributed by atoms with E-state index in [0.717, 1.165) is 0 Å². The molecule has 0 amide bonds. The largest absolute Gasteiger partial charge is 0.465 e. The molecule has 1 radical (unpaired) electrons. The number of rotatable bonds is 4. The van der Waals surface area contributed by atoms with Crippen molar-refractivity contribution in [2.75, 3.05) is 6.61 Å². The maximum Gasteiger partial charge on any atom is 0.306 e. The molecule has 0 saturated carbocycles. The summed E-state index contributed by atoms with van der Waals surface area (Å²) in [6, 6.07) is 0. The Labute approximate surface area is 68.9 Å². The predicted octanol–water partition coefficient (Wildman–Crippen LogP) is 2.05. The van der Waals surface area contributed by atoms with Crippen LogP contribution in [0.3, 0.4) is 0 Å². The fourth-order valence-corrected chi connectivity index (χ4v) is 0.603. The summed E-state index contributed by atoms with van der Waals surface area (Å²) in [5.41, 5.74) is 0. The molecule has 11 heavy (non-hydrogen) atoms. The van der Waals surface area contributed by atoms with Gasteiger partial charge in [-0.05, 0) is 18.8 Å². The van der Waals surface area contributed by atoms with Gasteiger partial charge < -0.3 is 4.74 Å². The average Bonchev–Trinajstić information content (AvgIpc) is 1.82. The summed E-state index contributed by atoms with van der Waals surface area (Å²) >= 11 is 0. The SMILES string of the molecule is [CH2]C(C)CC(=O)OCC(C)C. The zero-order valence-electron chi connectivity index (χ0n) is 7.59. The number of ether oxygens (including phenoxy) is 1. The molecule has 0 saturated heterocycles. The van der Waals surface area contributed by atoms with Gasteiger partial charge in [0.05, 0.1) is 6.61 Å². The number of hydrogen-bond acceptors (Lipinski definition) is 2. The van der Waals surface area contributed by atoms with Gasteiger partial charge in [-0.15, -0.1) is 0 Å². The quantitative estimate of drug-likeness (QED) is 0.584. The first kappa shape index (κ1) is 10.5. The highest BCUT2D eigenvalue weighted by Gasteiger charge is 2.06. The van der Waals surface area contributed by atoms with Crippen molar-refractivity contribution in [1.82, 2.24) is 0 Å². The van der Waals surface area contributed by atoms with Crippen LogP contribution < -0.4 is 0 Å². The van der Waals surface area contributed by atoms with Gasteiger partial charge in [-0.2, -0.15) is 0 Å². The van der Waals surface area contributed by atoms with Gasteiger partial charge in [0.1, 0.15) is 0 Å². The molecule has 65 valence electrons. The van der Waals surface area contributed by atoms with E-state index in [9.17, 15) is 4.79 Å². The number of esters is 1. The summed E-state index contributed by atoms with van der Waals surface area (Å²) in [6.07, 6.45) is 0.423. The molecule has 0 rings (SSSR count). The van der Waals surface area contributed by atoms with Crippen LogP contribution in [0.1, 0.15) is 27.2 Å². The van der Waals surface area contributed by atoms with Gasteiger partial charge in [-0.3, -0.25) is 4.79 Å². The Bertz CT molecular complexity index is 117. The highest BCUT2D eigenvalue weighted by Crippen LogP contribution is 2.02. The van der Waals surface area contributed by atoms with Gasteiger partial charge in [-0.1, -0.05) is 20.8 Å². The van der Waals surface area contributed by atoms with Crippen molar-refractivity contribution in [2.45, 2.75) is 27.2 Å². The van der Waals surface area contributed by atoms with Crippen LogP contribution in [0.15, 0.2) is 0 Å². The predicted molar refractivity (Wildman–Crippen MR) is 44.9 cm³/mol. The first-order chi connectivity index (χ1) is 5.02. The molecule has 0 heterocycles. The van der Waals surface area contributed by atoms with E-state index in [-0.39, 0.29) is 11.9 Å². The number of carbonyl (C=O) groups excluding carboxylic acids is 1. The van der Waals surface area contributed by atoms with Crippen molar-refractivity contribution < 1.29 is 9.53 Å². The van der Waals surface area contributed by atoms with E-state index in [1.54, 1.807) is 0 Å². The second-order valence-electron chi connectivity index (χ2n) is 3.39. The normalized spacial score (nSPS) is 10.7. The lowest BCUT2D eigenvalue weighted by atomic mass is 10.1. The third-order valence-electron chi connectivity index (χ3n) is 1.09. The maximum atomic E-state index is 10.9. The molecule has 0 N–H and O–H groups in total. The Morgan fingerprint density at radius 1 is 1.45 bits per heavy atom. The molecule has 0 fully saturated rings. The molecule has 0 aromatic rings. The van der Waals surface area contributed by atoms with E-state index in [1.165, 1.54) is 0 Å². The Kier molecular flexibility index (Phi) is 4.92. The smallest absolute Gasteiger partial charge is 0.306 e. The topological polar surface area (TPSA) is 26.3 Å². The van der Waals surface area contributed by atoms with E-state index in [2.05, 4.69) is 6.92 Å². The zero-order valence-corrected chi connectivity index (χ0v) is 7.59. The van der Waals surface area contributed by atoms with E-state index in [4.69, 9.17) is 4.74 Å². The minimum absolute atomic E-state index is 0.138. The molecule has 0 aliphatic carbocycles. The van der Waals surface area contributed by atoms with Crippen LogP contribution in [-0.2, 0) is 9.53 Å². The van der Waals surface area contributed by atoms with E-state index < -0.39 is 0 Å². The molecule has 0 aromatic heterocycles. The molecule has 1 atom stereocenters. The molecule has 0 bridgehead atoms. The van der Waals surface area contributed by atoms with Crippen molar-refractivity contribution >= 4 is 5.97 Å². The third-order valence-corrected chi connectivity index (χ3v) is 1.09. The standard InChI is InChI=1S/C9H17O2/c1-7(2)5-9(10)11-6-8(3)4/h7-8H,1,5-6H2,2-4H3. The van der Waals surface area contributed by atoms with Crippen molar-refractivity contribution in [3.63, 3.8) is 0 Å². The van der Waals surface area contributed by atoms with Crippen LogP contribution in [0.5, 0.6) is 0 Å². The highest BCUT2D eigenvalue weighted by atomic mass is 16.5. The fraction of sp³-hybridized carbons (Fsp3) is 0.778. The van der Waals surface area contributed by atoms with Gasteiger partial charge in [0, 0.05) is 6.42 Å². The number of hydrogen-bond donors (Lipinski definition) is 0. The van der Waals surface area contributed by atoms with Crippen molar-refractivity contribution in [3.05, 3.63) is 6.92 Å². The first-order valence-corrected chi connectivity index (χ1v) is 4.01. The maximum absolute atomic E-state index is 10.9. The Balaban J connectivity index is 3.38. The van der Waals surface area contributed by atoms with Gasteiger partial charge in [0.25, 0.3) is 0 Å². The van der Waals surface area contributed by atoms with Gasteiger partial charge in [0.2, 0.25) is 0 Å². The second-order valence-corrected chi connectivity index (χ2v) is 3.39. The Morgan fingerprint density at radius 3 is 2.36 bits per heavy atom. The van der Waals surface area contributed by atoms with Crippen LogP contribution in [0.4, 0.5) is 0 Å². The zero-order chi connectivity index (χ0) is 8.85. The second kappa shape index (κ2) is 5.16. The average molecular weight is 157 g/mol. The van der Waals surface area contributed by atoms with E-state index >= 15 is 0 Å². The molecular formula is C9H17O2. The minimum Gasteiger partial charge on any atom is -0.465 e. The Hall–Kier alpha value is -0.530. The summed E-state index contributed by atoms with van der Waals surface area (Å²) in [5.74, 6) is 0.426. The molecule has 2 nitrogen and oxygen atoms in total. The minimum atomic E-state index is -0.138. The molecule has 1 unspecified atom stereocenters. The van der Waals surface area contributed by atoms with Crippen LogP contribution >= 0.6 is 0 Å². The van der Waals surface area contributed by atoms with Crippen molar-refractivity contribution in [2.24, 2.45) is 11.8 Å². The third kappa shape index (κ3) is 7.37. The monoisotopic (exact) mass is 157 g/mol. The summed E-state index contributed by atoms with van der Waals surface area (Å²) in [6.45, 7) is 10.2. The van der Waals surface area contributed by atoms with Crippen LogP contribution in [0, 0.1) is 18.8 Å². The fourth-order valence-electron chi connectivity index (χ4n) is 0.603. The Morgan fingerprint density at radius 2 is 2.00 bits per heavy atom. The van der Waals surface area contributed by atoms with Gasteiger partial charge >= 0.3 is 5.97 Å². The molecule has 2 heteroatoms. The first-order valence-electron chi connectivity index (χ1n) is 4.01. The lowest BCUT2D eigenvalue weighted by Gasteiger charge is -2.07. The van der Waals surface area contributed by atoms with Crippen LogP contribution in [0.25, 0.3) is 0 Å². The summed E-state index contributed by atoms with van der Waals surface area (Å²) in [4.78, 5) is 10.9. The summed E-state index contributed by atoms with van der Waals surface area (Å²) in [5, 5.41) is 0. The van der Waals surface area contributed by atoms with E-state index in [0.29, 0.717) is 18.9 Å². The van der Waals surface area contributed by atoms with Crippen molar-refractivity contribution in [3.8, 4) is 0 Å².